The second-order valence-electron chi connectivity index (χ2n) is 2.85. The molecule has 0 aliphatic heterocycles. The van der Waals surface area contributed by atoms with Crippen LogP contribution in [0.1, 0.15) is 5.56 Å². The number of benzene rings is 1. The van der Waals surface area contributed by atoms with Crippen LogP contribution < -0.4 is 0 Å². The number of hydrogen-bond donors (Lipinski definition) is 0. The molecule has 0 aliphatic carbocycles. The van der Waals surface area contributed by atoms with E-state index < -0.39 is 0 Å². The standard InChI is InChI=1S/C10H11BBrN2O/c12-6-7-14(11-9-13)15-8-10-4-2-1-3-5-10/h1-5H,6-8H2/q-1. The van der Waals surface area contributed by atoms with Gasteiger partial charge in [-0.3, -0.25) is 5.26 Å². The summed E-state index contributed by atoms with van der Waals surface area (Å²) in [5.74, 6) is 1.94. The maximum Gasteiger partial charge on any atom is 0.0887 e. The van der Waals surface area contributed by atoms with Crippen molar-refractivity contribution in [3.63, 3.8) is 0 Å². The summed E-state index contributed by atoms with van der Waals surface area (Å²) in [6, 6.07) is 9.85. The molecule has 0 fully saturated rings. The van der Waals surface area contributed by atoms with Gasteiger partial charge in [0.05, 0.1) is 6.61 Å². The summed E-state index contributed by atoms with van der Waals surface area (Å²) in [6.45, 7) is 1.13. The van der Waals surface area contributed by atoms with E-state index in [1.54, 1.807) is 0 Å². The van der Waals surface area contributed by atoms with Gasteiger partial charge in [0.2, 0.25) is 0 Å². The van der Waals surface area contributed by atoms with Crippen LogP contribution in [0.4, 0.5) is 0 Å². The monoisotopic (exact) mass is 265 g/mol. The summed E-state index contributed by atoms with van der Waals surface area (Å²) in [7, 11) is 1.37. The molecule has 3 nitrogen and oxygen atoms in total. The first kappa shape index (κ1) is 12.2. The number of hydroxylamine groups is 1. The maximum absolute atomic E-state index is 8.52. The normalized spacial score (nSPS) is 10.2. The van der Waals surface area contributed by atoms with Crippen molar-refractivity contribution in [1.82, 2.24) is 4.97 Å². The molecule has 0 aromatic heterocycles. The van der Waals surface area contributed by atoms with Crippen molar-refractivity contribution >= 4 is 23.3 Å². The number of nitrogens with zero attached hydrogens (tertiary/aromatic N) is 2. The molecular weight excluding hydrogens is 255 g/mol. The van der Waals surface area contributed by atoms with Gasteiger partial charge in [0.25, 0.3) is 0 Å². The fourth-order valence-corrected chi connectivity index (χ4v) is 1.40. The van der Waals surface area contributed by atoms with Crippen LogP contribution in [-0.4, -0.2) is 24.3 Å². The Balaban J connectivity index is 2.37. The van der Waals surface area contributed by atoms with E-state index in [1.165, 1.54) is 12.4 Å². The minimum absolute atomic E-state index is 0.478. The lowest BCUT2D eigenvalue weighted by atomic mass is 9.98. The number of hydrogen-bond acceptors (Lipinski definition) is 3. The van der Waals surface area contributed by atoms with Gasteiger partial charge in [0.1, 0.15) is 0 Å². The van der Waals surface area contributed by atoms with E-state index in [2.05, 4.69) is 15.9 Å². The van der Waals surface area contributed by atoms with Gasteiger partial charge in [-0.2, -0.15) is 0 Å². The zero-order valence-electron chi connectivity index (χ0n) is 8.27. The van der Waals surface area contributed by atoms with E-state index in [0.717, 1.165) is 10.9 Å². The molecule has 1 aromatic rings. The number of rotatable bonds is 6. The summed E-state index contributed by atoms with van der Waals surface area (Å²) in [5.41, 5.74) is 1.09. The molecule has 15 heavy (non-hydrogen) atoms. The molecule has 5 heteroatoms. The largest absolute Gasteiger partial charge is 0.411 e. The van der Waals surface area contributed by atoms with Gasteiger partial charge in [-0.25, -0.2) is 5.97 Å². The minimum atomic E-state index is 0.478. The van der Waals surface area contributed by atoms with Gasteiger partial charge < -0.3 is 9.81 Å². The van der Waals surface area contributed by atoms with Crippen molar-refractivity contribution in [3.05, 3.63) is 35.9 Å². The molecule has 0 saturated carbocycles. The number of nitriles is 1. The van der Waals surface area contributed by atoms with E-state index in [4.69, 9.17) is 10.1 Å². The van der Waals surface area contributed by atoms with Crippen molar-refractivity contribution in [2.45, 2.75) is 6.61 Å². The molecule has 0 heterocycles. The molecule has 1 aromatic carbocycles. The van der Waals surface area contributed by atoms with Gasteiger partial charge in [0, 0.05) is 5.33 Å². The molecule has 0 unspecified atom stereocenters. The van der Waals surface area contributed by atoms with Crippen LogP contribution in [0.5, 0.6) is 0 Å². The van der Waals surface area contributed by atoms with Crippen LogP contribution in [0, 0.1) is 11.2 Å². The molecule has 0 aliphatic rings. The zero-order chi connectivity index (χ0) is 10.9. The average molecular weight is 266 g/mol. The highest BCUT2D eigenvalue weighted by Gasteiger charge is 1.94. The van der Waals surface area contributed by atoms with E-state index in [-0.39, 0.29) is 0 Å². The fourth-order valence-electron chi connectivity index (χ4n) is 1.05. The Morgan fingerprint density at radius 2 is 2.13 bits per heavy atom. The third kappa shape index (κ3) is 4.98. The van der Waals surface area contributed by atoms with Gasteiger partial charge in [-0.15, -0.1) is 0 Å². The minimum Gasteiger partial charge on any atom is -0.411 e. The van der Waals surface area contributed by atoms with Crippen LogP contribution >= 0.6 is 15.9 Å². The molecule has 0 saturated heterocycles. The molecule has 0 atom stereocenters. The highest BCUT2D eigenvalue weighted by molar-refractivity contribution is 9.09. The third-order valence-corrected chi connectivity index (χ3v) is 2.10. The topological polar surface area (TPSA) is 36.3 Å². The van der Waals surface area contributed by atoms with Gasteiger partial charge >= 0.3 is 0 Å². The Morgan fingerprint density at radius 3 is 2.73 bits per heavy atom. The van der Waals surface area contributed by atoms with Gasteiger partial charge in [-0.1, -0.05) is 53.7 Å². The van der Waals surface area contributed by atoms with Crippen LogP contribution in [0.3, 0.4) is 0 Å². The smallest absolute Gasteiger partial charge is 0.0887 e. The van der Waals surface area contributed by atoms with Crippen molar-refractivity contribution in [1.29, 1.82) is 5.26 Å². The molecule has 0 bridgehead atoms. The van der Waals surface area contributed by atoms with Crippen molar-refractivity contribution < 1.29 is 4.84 Å². The SMILES string of the molecule is N#C[B-]N(CCBr)OCc1ccccc1. The number of alkyl halides is 1. The Labute approximate surface area is 99.0 Å². The summed E-state index contributed by atoms with van der Waals surface area (Å²) in [5, 5.41) is 9.28. The quantitative estimate of drug-likeness (QED) is 0.448. The van der Waals surface area contributed by atoms with Crippen LogP contribution in [0.25, 0.3) is 0 Å². The van der Waals surface area contributed by atoms with Crippen molar-refractivity contribution in [2.24, 2.45) is 0 Å². The number of halogens is 1. The van der Waals surface area contributed by atoms with Crippen LogP contribution in [-0.2, 0) is 11.4 Å². The highest BCUT2D eigenvalue weighted by Crippen LogP contribution is 2.02. The fraction of sp³-hybridized carbons (Fsp3) is 0.300. The van der Waals surface area contributed by atoms with E-state index in [9.17, 15) is 0 Å². The molecular formula is C10H11BBrN2O-. The molecule has 0 N–H and O–H groups in total. The van der Waals surface area contributed by atoms with Gasteiger partial charge in [0.15, 0.2) is 0 Å². The average Bonchev–Trinajstić information content (AvgIpc) is 2.28. The predicted molar refractivity (Wildman–Crippen MR) is 63.1 cm³/mol. The Kier molecular flexibility index (Phi) is 6.09. The highest BCUT2D eigenvalue weighted by atomic mass is 79.9. The summed E-state index contributed by atoms with van der Waals surface area (Å²) < 4.78 is 0. The summed E-state index contributed by atoms with van der Waals surface area (Å²) in [4.78, 5) is 6.96. The van der Waals surface area contributed by atoms with E-state index >= 15 is 0 Å². The lowest BCUT2D eigenvalue weighted by molar-refractivity contribution is -0.0943. The molecule has 78 valence electrons. The Bertz CT molecular complexity index is 315. The lowest BCUT2D eigenvalue weighted by Crippen LogP contribution is -2.29. The molecule has 0 spiro atoms. The first-order valence-corrected chi connectivity index (χ1v) is 5.71. The Hall–Kier alpha value is -0.825. The summed E-state index contributed by atoms with van der Waals surface area (Å²) >= 11 is 3.30. The second kappa shape index (κ2) is 7.46. The zero-order valence-corrected chi connectivity index (χ0v) is 9.85. The van der Waals surface area contributed by atoms with Crippen LogP contribution in [0.2, 0.25) is 0 Å². The summed E-state index contributed by atoms with van der Waals surface area (Å²) in [6.07, 6.45) is 0. The van der Waals surface area contributed by atoms with E-state index in [1.807, 2.05) is 36.3 Å². The van der Waals surface area contributed by atoms with Crippen molar-refractivity contribution in [2.75, 3.05) is 11.9 Å². The Morgan fingerprint density at radius 1 is 1.40 bits per heavy atom. The van der Waals surface area contributed by atoms with Crippen molar-refractivity contribution in [3.8, 4) is 5.97 Å². The second-order valence-corrected chi connectivity index (χ2v) is 3.64. The first-order valence-electron chi connectivity index (χ1n) is 4.59. The van der Waals surface area contributed by atoms with Gasteiger partial charge in [-0.05, 0) is 12.1 Å². The predicted octanol–water partition coefficient (Wildman–Crippen LogP) is 1.92. The first-order chi connectivity index (χ1) is 7.36. The molecule has 1 rings (SSSR count). The van der Waals surface area contributed by atoms with E-state index in [0.29, 0.717) is 13.2 Å². The maximum atomic E-state index is 8.52. The molecule has 0 amide bonds. The third-order valence-electron chi connectivity index (χ3n) is 1.75. The lowest BCUT2D eigenvalue weighted by Gasteiger charge is -2.29. The van der Waals surface area contributed by atoms with Crippen LogP contribution in [0.15, 0.2) is 30.3 Å². The molecule has 2 radical (unpaired) electrons.